The van der Waals surface area contributed by atoms with Crippen molar-refractivity contribution in [3.8, 4) is 0 Å². The summed E-state index contributed by atoms with van der Waals surface area (Å²) in [6, 6.07) is 0.587. The molecular weight excluding hydrogens is 234 g/mol. The van der Waals surface area contributed by atoms with E-state index in [9.17, 15) is 0 Å². The Morgan fingerprint density at radius 2 is 1.79 bits per heavy atom. The highest BCUT2D eigenvalue weighted by molar-refractivity contribution is 4.84. The topological polar surface area (TPSA) is 21.3 Å². The molecule has 0 bridgehead atoms. The molecule has 3 atom stereocenters. The van der Waals surface area contributed by atoms with E-state index >= 15 is 0 Å². The molecule has 1 fully saturated rings. The molecule has 0 saturated carbocycles. The van der Waals surface area contributed by atoms with E-state index in [0.29, 0.717) is 12.1 Å². The number of ether oxygens (including phenoxy) is 1. The van der Waals surface area contributed by atoms with Gasteiger partial charge in [-0.05, 0) is 31.7 Å². The van der Waals surface area contributed by atoms with E-state index in [-0.39, 0.29) is 0 Å². The zero-order chi connectivity index (χ0) is 13.9. The van der Waals surface area contributed by atoms with Crippen LogP contribution in [0.2, 0.25) is 0 Å². The van der Waals surface area contributed by atoms with E-state index < -0.39 is 0 Å². The van der Waals surface area contributed by atoms with Crippen molar-refractivity contribution in [2.45, 2.75) is 90.7 Å². The molecule has 1 N–H and O–H groups in total. The van der Waals surface area contributed by atoms with Crippen molar-refractivity contribution < 1.29 is 4.74 Å². The largest absolute Gasteiger partial charge is 0.376 e. The lowest BCUT2D eigenvalue weighted by atomic mass is 9.93. The van der Waals surface area contributed by atoms with Crippen LogP contribution >= 0.6 is 0 Å². The Balaban J connectivity index is 2.21. The Kier molecular flexibility index (Phi) is 9.54. The first-order chi connectivity index (χ1) is 9.29. The molecule has 1 saturated heterocycles. The molecule has 1 aliphatic rings. The lowest BCUT2D eigenvalue weighted by Gasteiger charge is -2.27. The Labute approximate surface area is 120 Å². The van der Waals surface area contributed by atoms with Gasteiger partial charge in [0.05, 0.1) is 6.10 Å². The Bertz CT molecular complexity index is 207. The van der Waals surface area contributed by atoms with Crippen molar-refractivity contribution in [3.63, 3.8) is 0 Å². The maximum atomic E-state index is 5.96. The first-order valence-electron chi connectivity index (χ1n) is 8.64. The number of rotatable bonds is 11. The molecule has 0 spiro atoms. The predicted octanol–water partition coefficient (Wildman–Crippen LogP) is 4.53. The van der Waals surface area contributed by atoms with Crippen molar-refractivity contribution in [1.82, 2.24) is 5.32 Å². The summed E-state index contributed by atoms with van der Waals surface area (Å²) in [5.41, 5.74) is 0. The van der Waals surface area contributed by atoms with Gasteiger partial charge in [-0.2, -0.15) is 0 Å². The smallest absolute Gasteiger partial charge is 0.0754 e. The van der Waals surface area contributed by atoms with Gasteiger partial charge in [0.25, 0.3) is 0 Å². The van der Waals surface area contributed by atoms with Crippen molar-refractivity contribution >= 4 is 0 Å². The summed E-state index contributed by atoms with van der Waals surface area (Å²) in [7, 11) is 0. The quantitative estimate of drug-likeness (QED) is 0.556. The second-order valence-corrected chi connectivity index (χ2v) is 6.22. The normalized spacial score (nSPS) is 24.8. The lowest BCUT2D eigenvalue weighted by Crippen LogP contribution is -2.42. The van der Waals surface area contributed by atoms with Crippen LogP contribution in [0.4, 0.5) is 0 Å². The maximum absolute atomic E-state index is 5.96. The summed E-state index contributed by atoms with van der Waals surface area (Å²) in [6.07, 6.45) is 12.5. The van der Waals surface area contributed by atoms with Crippen molar-refractivity contribution in [2.24, 2.45) is 5.92 Å². The summed E-state index contributed by atoms with van der Waals surface area (Å²) in [6.45, 7) is 8.97. The SMILES string of the molecule is CCCCCCCCC(NCCC)C1OCCC1C. The standard InChI is InChI=1S/C17H35NO/c1-4-6-7-8-9-10-11-16(18-13-5-2)17-15(3)12-14-19-17/h15-18H,4-14H2,1-3H3. The van der Waals surface area contributed by atoms with Crippen LogP contribution in [0.25, 0.3) is 0 Å². The molecule has 1 heterocycles. The number of nitrogens with one attached hydrogen (secondary N) is 1. The van der Waals surface area contributed by atoms with E-state index in [0.717, 1.165) is 19.1 Å². The summed E-state index contributed by atoms with van der Waals surface area (Å²) in [5.74, 6) is 0.731. The van der Waals surface area contributed by atoms with Crippen LogP contribution in [-0.2, 0) is 4.74 Å². The van der Waals surface area contributed by atoms with Crippen LogP contribution in [0.15, 0.2) is 0 Å². The number of unbranched alkanes of at least 4 members (excludes halogenated alkanes) is 5. The van der Waals surface area contributed by atoms with Crippen LogP contribution in [0.5, 0.6) is 0 Å². The molecule has 114 valence electrons. The number of hydrogen-bond donors (Lipinski definition) is 1. The van der Waals surface area contributed by atoms with Crippen molar-refractivity contribution in [2.75, 3.05) is 13.2 Å². The molecular formula is C17H35NO. The van der Waals surface area contributed by atoms with Crippen molar-refractivity contribution in [3.05, 3.63) is 0 Å². The number of hydrogen-bond acceptors (Lipinski definition) is 2. The molecule has 0 amide bonds. The fourth-order valence-corrected chi connectivity index (χ4v) is 3.09. The third-order valence-corrected chi connectivity index (χ3v) is 4.37. The lowest BCUT2D eigenvalue weighted by molar-refractivity contribution is 0.0574. The van der Waals surface area contributed by atoms with Gasteiger partial charge in [-0.25, -0.2) is 0 Å². The van der Waals surface area contributed by atoms with Gasteiger partial charge < -0.3 is 10.1 Å². The first-order valence-corrected chi connectivity index (χ1v) is 8.64. The highest BCUT2D eigenvalue weighted by Gasteiger charge is 2.31. The molecule has 2 nitrogen and oxygen atoms in total. The second-order valence-electron chi connectivity index (χ2n) is 6.22. The monoisotopic (exact) mass is 269 g/mol. The Morgan fingerprint density at radius 1 is 1.05 bits per heavy atom. The molecule has 19 heavy (non-hydrogen) atoms. The van der Waals surface area contributed by atoms with Crippen molar-refractivity contribution in [1.29, 1.82) is 0 Å². The van der Waals surface area contributed by atoms with Gasteiger partial charge in [0.15, 0.2) is 0 Å². The van der Waals surface area contributed by atoms with Crippen LogP contribution in [0.3, 0.4) is 0 Å². The third-order valence-electron chi connectivity index (χ3n) is 4.37. The van der Waals surface area contributed by atoms with Crippen LogP contribution in [0.1, 0.15) is 78.6 Å². The minimum atomic E-state index is 0.460. The zero-order valence-corrected chi connectivity index (χ0v) is 13.4. The fraction of sp³-hybridized carbons (Fsp3) is 1.00. The third kappa shape index (κ3) is 6.76. The average molecular weight is 269 g/mol. The molecule has 3 unspecified atom stereocenters. The molecule has 0 aromatic carbocycles. The summed E-state index contributed by atoms with van der Waals surface area (Å²) in [4.78, 5) is 0. The summed E-state index contributed by atoms with van der Waals surface area (Å²) >= 11 is 0. The van der Waals surface area contributed by atoms with Gasteiger partial charge in [-0.15, -0.1) is 0 Å². The Morgan fingerprint density at radius 3 is 2.42 bits per heavy atom. The summed E-state index contributed by atoms with van der Waals surface area (Å²) in [5, 5.41) is 3.72. The van der Waals surface area contributed by atoms with Crippen LogP contribution in [-0.4, -0.2) is 25.3 Å². The van der Waals surface area contributed by atoms with Gasteiger partial charge in [0, 0.05) is 12.6 Å². The molecule has 2 heteroatoms. The van der Waals surface area contributed by atoms with Gasteiger partial charge >= 0.3 is 0 Å². The Hall–Kier alpha value is -0.0800. The van der Waals surface area contributed by atoms with Crippen LogP contribution < -0.4 is 5.32 Å². The van der Waals surface area contributed by atoms with Gasteiger partial charge in [-0.1, -0.05) is 59.3 Å². The van der Waals surface area contributed by atoms with Gasteiger partial charge in [0.2, 0.25) is 0 Å². The molecule has 0 aromatic heterocycles. The average Bonchev–Trinajstić information content (AvgIpc) is 2.83. The second kappa shape index (κ2) is 10.7. The van der Waals surface area contributed by atoms with Gasteiger partial charge in [-0.3, -0.25) is 0 Å². The van der Waals surface area contributed by atoms with E-state index in [1.54, 1.807) is 0 Å². The molecule has 1 aliphatic heterocycles. The molecule has 0 aromatic rings. The molecule has 0 aliphatic carbocycles. The maximum Gasteiger partial charge on any atom is 0.0754 e. The van der Waals surface area contributed by atoms with Gasteiger partial charge in [0.1, 0.15) is 0 Å². The van der Waals surface area contributed by atoms with E-state index in [2.05, 4.69) is 26.1 Å². The molecule has 1 rings (SSSR count). The highest BCUT2D eigenvalue weighted by atomic mass is 16.5. The predicted molar refractivity (Wildman–Crippen MR) is 83.6 cm³/mol. The minimum absolute atomic E-state index is 0.460. The molecule has 0 radical (unpaired) electrons. The summed E-state index contributed by atoms with van der Waals surface area (Å²) < 4.78 is 5.96. The van der Waals surface area contributed by atoms with E-state index in [1.807, 2.05) is 0 Å². The zero-order valence-electron chi connectivity index (χ0n) is 13.4. The first kappa shape index (κ1) is 17.0. The highest BCUT2D eigenvalue weighted by Crippen LogP contribution is 2.25. The minimum Gasteiger partial charge on any atom is -0.376 e. The van der Waals surface area contributed by atoms with Crippen LogP contribution in [0, 0.1) is 5.92 Å². The fourth-order valence-electron chi connectivity index (χ4n) is 3.09. The van der Waals surface area contributed by atoms with E-state index in [4.69, 9.17) is 4.74 Å². The van der Waals surface area contributed by atoms with E-state index in [1.165, 1.54) is 57.8 Å².